The number of rotatable bonds is 4. The summed E-state index contributed by atoms with van der Waals surface area (Å²) >= 11 is 1.55. The molecule has 0 aliphatic carbocycles. The molecule has 3 N–H and O–H groups in total. The Balaban J connectivity index is 2.22. The summed E-state index contributed by atoms with van der Waals surface area (Å²) in [6.07, 6.45) is 0. The largest absolute Gasteiger partial charge is 0.396 e. The minimum atomic E-state index is -3.71. The molecule has 1 heterocycles. The van der Waals surface area contributed by atoms with Crippen molar-refractivity contribution < 1.29 is 12.8 Å². The standard InChI is InChI=1S/C14H17FN2O2S2/c1-8-4-11(20-10(8)3)7-17-21(18,19)12-5-9(2)14(15)13(16)6-12/h4-6,17H,7,16H2,1-3H3. The molecule has 0 saturated heterocycles. The first-order valence-corrected chi connectivity index (χ1v) is 8.62. The van der Waals surface area contributed by atoms with E-state index in [0.717, 1.165) is 21.4 Å². The highest BCUT2D eigenvalue weighted by molar-refractivity contribution is 7.89. The average molecular weight is 328 g/mol. The molecule has 2 aromatic rings. The Kier molecular flexibility index (Phi) is 4.36. The summed E-state index contributed by atoms with van der Waals surface area (Å²) < 4.78 is 40.4. The number of hydrogen-bond donors (Lipinski definition) is 2. The minimum Gasteiger partial charge on any atom is -0.396 e. The van der Waals surface area contributed by atoms with Gasteiger partial charge >= 0.3 is 0 Å². The summed E-state index contributed by atoms with van der Waals surface area (Å²) in [6.45, 7) is 5.66. The first-order valence-electron chi connectivity index (χ1n) is 6.32. The van der Waals surface area contributed by atoms with Crippen molar-refractivity contribution in [3.05, 3.63) is 44.9 Å². The molecular formula is C14H17FN2O2S2. The Morgan fingerprint density at radius 2 is 1.86 bits per heavy atom. The lowest BCUT2D eigenvalue weighted by Crippen LogP contribution is -2.23. The smallest absolute Gasteiger partial charge is 0.240 e. The molecule has 7 heteroatoms. The highest BCUT2D eigenvalue weighted by atomic mass is 32.2. The van der Waals surface area contributed by atoms with E-state index in [1.165, 1.54) is 13.0 Å². The zero-order chi connectivity index (χ0) is 15.8. The predicted molar refractivity (Wildman–Crippen MR) is 83.4 cm³/mol. The van der Waals surface area contributed by atoms with E-state index in [2.05, 4.69) is 4.72 Å². The summed E-state index contributed by atoms with van der Waals surface area (Å²) in [5.74, 6) is -0.585. The van der Waals surface area contributed by atoms with Crippen LogP contribution in [0.15, 0.2) is 23.1 Å². The van der Waals surface area contributed by atoms with E-state index in [1.54, 1.807) is 11.3 Å². The molecule has 114 valence electrons. The van der Waals surface area contributed by atoms with Gasteiger partial charge in [0.2, 0.25) is 10.0 Å². The topological polar surface area (TPSA) is 72.2 Å². The second-order valence-electron chi connectivity index (χ2n) is 4.92. The van der Waals surface area contributed by atoms with Crippen molar-refractivity contribution >= 4 is 27.0 Å². The van der Waals surface area contributed by atoms with Crippen LogP contribution < -0.4 is 10.5 Å². The normalized spacial score (nSPS) is 11.8. The van der Waals surface area contributed by atoms with Crippen molar-refractivity contribution in [2.45, 2.75) is 32.2 Å². The molecule has 4 nitrogen and oxygen atoms in total. The van der Waals surface area contributed by atoms with E-state index >= 15 is 0 Å². The number of nitrogen functional groups attached to an aromatic ring is 1. The molecule has 0 spiro atoms. The molecule has 0 fully saturated rings. The number of hydrogen-bond acceptors (Lipinski definition) is 4. The molecule has 0 atom stereocenters. The monoisotopic (exact) mass is 328 g/mol. The van der Waals surface area contributed by atoms with Crippen molar-refractivity contribution in [2.75, 3.05) is 5.73 Å². The molecule has 0 saturated carbocycles. The highest BCUT2D eigenvalue weighted by Gasteiger charge is 2.17. The molecule has 0 aliphatic rings. The number of aryl methyl sites for hydroxylation is 3. The molecule has 0 unspecified atom stereocenters. The predicted octanol–water partition coefficient (Wildman–Crippen LogP) is 2.87. The molecule has 0 amide bonds. The van der Waals surface area contributed by atoms with Crippen molar-refractivity contribution in [3.8, 4) is 0 Å². The van der Waals surface area contributed by atoms with Crippen LogP contribution in [0, 0.1) is 26.6 Å². The Morgan fingerprint density at radius 1 is 1.19 bits per heavy atom. The maximum Gasteiger partial charge on any atom is 0.240 e. The Hall–Kier alpha value is -1.44. The van der Waals surface area contributed by atoms with Crippen molar-refractivity contribution in [1.82, 2.24) is 4.72 Å². The second-order valence-corrected chi connectivity index (χ2v) is 8.03. The van der Waals surface area contributed by atoms with Crippen LogP contribution in [-0.2, 0) is 16.6 Å². The Labute approximate surface area is 127 Å². The zero-order valence-corrected chi connectivity index (χ0v) is 13.7. The van der Waals surface area contributed by atoms with Gasteiger partial charge in [0.15, 0.2) is 0 Å². The van der Waals surface area contributed by atoms with Crippen LogP contribution in [0.3, 0.4) is 0 Å². The Morgan fingerprint density at radius 3 is 2.38 bits per heavy atom. The molecule has 1 aromatic heterocycles. The van der Waals surface area contributed by atoms with Gasteiger partial charge in [0.25, 0.3) is 0 Å². The third-order valence-electron chi connectivity index (χ3n) is 3.22. The van der Waals surface area contributed by atoms with Crippen LogP contribution in [0.5, 0.6) is 0 Å². The number of halogens is 1. The van der Waals surface area contributed by atoms with Crippen LogP contribution in [0.1, 0.15) is 20.9 Å². The zero-order valence-electron chi connectivity index (χ0n) is 12.0. The minimum absolute atomic E-state index is 0.0242. The summed E-state index contributed by atoms with van der Waals surface area (Å²) in [5.41, 5.74) is 6.66. The molecule has 0 radical (unpaired) electrons. The number of sulfonamides is 1. The molecule has 0 aliphatic heterocycles. The second kappa shape index (κ2) is 5.75. The lowest BCUT2D eigenvalue weighted by atomic mass is 10.2. The molecular weight excluding hydrogens is 311 g/mol. The van der Waals surface area contributed by atoms with Gasteiger partial charge in [-0.2, -0.15) is 0 Å². The third kappa shape index (κ3) is 3.42. The van der Waals surface area contributed by atoms with Gasteiger partial charge in [-0.05, 0) is 50.1 Å². The van der Waals surface area contributed by atoms with Crippen molar-refractivity contribution in [2.24, 2.45) is 0 Å². The Bertz CT molecular complexity index is 740. The number of benzene rings is 1. The van der Waals surface area contributed by atoms with Gasteiger partial charge in [-0.25, -0.2) is 17.5 Å². The summed E-state index contributed by atoms with van der Waals surface area (Å²) in [5, 5.41) is 0. The van der Waals surface area contributed by atoms with Gasteiger partial charge < -0.3 is 5.73 Å². The van der Waals surface area contributed by atoms with E-state index in [4.69, 9.17) is 5.73 Å². The van der Waals surface area contributed by atoms with Gasteiger partial charge in [-0.15, -0.1) is 11.3 Å². The first-order chi connectivity index (χ1) is 9.70. The summed E-state index contributed by atoms with van der Waals surface area (Å²) in [4.78, 5) is 2.07. The van der Waals surface area contributed by atoms with Gasteiger partial charge in [-0.3, -0.25) is 0 Å². The number of nitrogens with one attached hydrogen (secondary N) is 1. The van der Waals surface area contributed by atoms with Gasteiger partial charge in [0.1, 0.15) is 5.82 Å². The lowest BCUT2D eigenvalue weighted by molar-refractivity contribution is 0.580. The number of nitrogens with two attached hydrogens (primary N) is 1. The molecule has 21 heavy (non-hydrogen) atoms. The van der Waals surface area contributed by atoms with Crippen LogP contribution in [0.4, 0.5) is 10.1 Å². The van der Waals surface area contributed by atoms with Crippen molar-refractivity contribution in [3.63, 3.8) is 0 Å². The maximum atomic E-state index is 13.5. The van der Waals surface area contributed by atoms with E-state index in [-0.39, 0.29) is 22.7 Å². The van der Waals surface area contributed by atoms with E-state index in [1.807, 2.05) is 19.9 Å². The number of thiophene rings is 1. The first kappa shape index (κ1) is 15.9. The molecule has 2 rings (SSSR count). The lowest BCUT2D eigenvalue weighted by Gasteiger charge is -2.08. The summed E-state index contributed by atoms with van der Waals surface area (Å²) in [6, 6.07) is 4.36. The fourth-order valence-electron chi connectivity index (χ4n) is 1.90. The van der Waals surface area contributed by atoms with Crippen LogP contribution in [0.2, 0.25) is 0 Å². The SMILES string of the molecule is Cc1cc(CNS(=O)(=O)c2cc(C)c(F)c(N)c2)sc1C. The maximum absolute atomic E-state index is 13.5. The van der Waals surface area contributed by atoms with Gasteiger partial charge in [0.05, 0.1) is 10.6 Å². The highest BCUT2D eigenvalue weighted by Crippen LogP contribution is 2.23. The van der Waals surface area contributed by atoms with Gasteiger partial charge in [0, 0.05) is 16.3 Å². The van der Waals surface area contributed by atoms with Crippen LogP contribution in [0.25, 0.3) is 0 Å². The molecule has 0 bridgehead atoms. The van der Waals surface area contributed by atoms with Crippen LogP contribution >= 0.6 is 11.3 Å². The van der Waals surface area contributed by atoms with E-state index in [0.29, 0.717) is 0 Å². The van der Waals surface area contributed by atoms with E-state index in [9.17, 15) is 12.8 Å². The van der Waals surface area contributed by atoms with E-state index < -0.39 is 15.8 Å². The van der Waals surface area contributed by atoms with Gasteiger partial charge in [-0.1, -0.05) is 0 Å². The summed E-state index contributed by atoms with van der Waals surface area (Å²) in [7, 11) is -3.71. The van der Waals surface area contributed by atoms with Crippen molar-refractivity contribution in [1.29, 1.82) is 0 Å². The average Bonchev–Trinajstić information content (AvgIpc) is 2.72. The fraction of sp³-hybridized carbons (Fsp3) is 0.286. The third-order valence-corrected chi connectivity index (χ3v) is 5.75. The number of anilines is 1. The quantitative estimate of drug-likeness (QED) is 0.848. The molecule has 1 aromatic carbocycles. The van der Waals surface area contributed by atoms with Crippen LogP contribution in [-0.4, -0.2) is 8.42 Å². The fourth-order valence-corrected chi connectivity index (χ4v) is 4.11.